The lowest BCUT2D eigenvalue weighted by molar-refractivity contribution is -0.140. The molecule has 1 amide bonds. The standard InChI is InChI=1S/C27H29NO5/c1-3-32-22-14-12-17(16-23(22)31-2)11-13-20(29)25-24-18-8-4-5-10-21(18)33-27(28-26(25)30)15-7-6-9-19(24)27/h4-5,8,10-14,16,19,24,29H,3,6-7,9,15H2,1-2H3,(H,28,30)/b13-11+,25-20-. The summed E-state index contributed by atoms with van der Waals surface area (Å²) in [6.45, 7) is 2.46. The number of carbonyl (C=O) groups excluding carboxylic acids is 1. The van der Waals surface area contributed by atoms with Gasteiger partial charge in [0, 0.05) is 23.8 Å². The van der Waals surface area contributed by atoms with E-state index in [4.69, 9.17) is 14.2 Å². The minimum atomic E-state index is -0.690. The summed E-state index contributed by atoms with van der Waals surface area (Å²) in [5.74, 6) is 1.66. The van der Waals surface area contributed by atoms with Crippen molar-refractivity contribution in [3.05, 3.63) is 71.0 Å². The van der Waals surface area contributed by atoms with Gasteiger partial charge in [-0.1, -0.05) is 36.8 Å². The first-order chi connectivity index (χ1) is 16.1. The Labute approximate surface area is 193 Å². The molecule has 3 atom stereocenters. The number of methoxy groups -OCH3 is 1. The Morgan fingerprint density at radius 2 is 2.09 bits per heavy atom. The van der Waals surface area contributed by atoms with E-state index in [1.807, 2.05) is 49.4 Å². The molecule has 3 unspecified atom stereocenters. The molecule has 0 aromatic heterocycles. The molecule has 6 nitrogen and oxygen atoms in total. The molecule has 5 rings (SSSR count). The summed E-state index contributed by atoms with van der Waals surface area (Å²) in [6.07, 6.45) is 7.19. The maximum absolute atomic E-state index is 13.3. The summed E-state index contributed by atoms with van der Waals surface area (Å²) in [7, 11) is 1.59. The van der Waals surface area contributed by atoms with Crippen molar-refractivity contribution >= 4 is 12.0 Å². The van der Waals surface area contributed by atoms with Gasteiger partial charge in [-0.3, -0.25) is 4.79 Å². The number of para-hydroxylation sites is 1. The van der Waals surface area contributed by atoms with E-state index in [9.17, 15) is 9.90 Å². The van der Waals surface area contributed by atoms with Gasteiger partial charge in [0.2, 0.25) is 0 Å². The number of hydrogen-bond donors (Lipinski definition) is 2. The van der Waals surface area contributed by atoms with E-state index in [-0.39, 0.29) is 23.5 Å². The molecule has 2 aliphatic heterocycles. The van der Waals surface area contributed by atoms with E-state index in [2.05, 4.69) is 5.32 Å². The maximum atomic E-state index is 13.3. The van der Waals surface area contributed by atoms with Gasteiger partial charge in [0.25, 0.3) is 5.91 Å². The van der Waals surface area contributed by atoms with Crippen LogP contribution in [0.25, 0.3) is 6.08 Å². The highest BCUT2D eigenvalue weighted by Gasteiger charge is 2.57. The number of rotatable bonds is 5. The number of ether oxygens (including phenoxy) is 3. The highest BCUT2D eigenvalue weighted by molar-refractivity contribution is 5.98. The molecule has 2 aromatic carbocycles. The molecule has 6 heteroatoms. The van der Waals surface area contributed by atoms with Crippen LogP contribution in [0.15, 0.2) is 59.9 Å². The Balaban J connectivity index is 1.54. The first-order valence-corrected chi connectivity index (χ1v) is 11.6. The second-order valence-corrected chi connectivity index (χ2v) is 8.79. The van der Waals surface area contributed by atoms with Crippen molar-refractivity contribution in [2.75, 3.05) is 13.7 Å². The largest absolute Gasteiger partial charge is 0.507 e. The molecule has 1 saturated heterocycles. The van der Waals surface area contributed by atoms with Crippen LogP contribution in [0.3, 0.4) is 0 Å². The Kier molecular flexibility index (Phi) is 5.52. The zero-order valence-corrected chi connectivity index (χ0v) is 19.0. The van der Waals surface area contributed by atoms with Crippen LogP contribution in [0.5, 0.6) is 17.2 Å². The molecular formula is C27H29NO5. The second-order valence-electron chi connectivity index (χ2n) is 8.79. The van der Waals surface area contributed by atoms with E-state index in [1.165, 1.54) is 0 Å². The van der Waals surface area contributed by atoms with Crippen LogP contribution in [-0.2, 0) is 4.79 Å². The Morgan fingerprint density at radius 3 is 2.91 bits per heavy atom. The van der Waals surface area contributed by atoms with Gasteiger partial charge in [0.05, 0.1) is 19.3 Å². The van der Waals surface area contributed by atoms with E-state index < -0.39 is 5.72 Å². The van der Waals surface area contributed by atoms with Gasteiger partial charge >= 0.3 is 0 Å². The molecule has 2 N–H and O–H groups in total. The van der Waals surface area contributed by atoms with Crippen LogP contribution >= 0.6 is 0 Å². The van der Waals surface area contributed by atoms with Crippen LogP contribution in [0.2, 0.25) is 0 Å². The molecule has 2 fully saturated rings. The molecular weight excluding hydrogens is 418 g/mol. The third-order valence-corrected chi connectivity index (χ3v) is 6.94. The molecule has 3 aliphatic rings. The number of aliphatic hydroxyl groups is 1. The first-order valence-electron chi connectivity index (χ1n) is 11.6. The molecule has 172 valence electrons. The first kappa shape index (κ1) is 21.4. The van der Waals surface area contributed by atoms with E-state index in [1.54, 1.807) is 19.3 Å². The van der Waals surface area contributed by atoms with Crippen molar-refractivity contribution < 1.29 is 24.1 Å². The number of aliphatic hydroxyl groups excluding tert-OH is 1. The van der Waals surface area contributed by atoms with Crippen molar-refractivity contribution in [1.29, 1.82) is 0 Å². The predicted octanol–water partition coefficient (Wildman–Crippen LogP) is 5.11. The Morgan fingerprint density at radius 1 is 1.24 bits per heavy atom. The lowest BCUT2D eigenvalue weighted by atomic mass is 9.64. The van der Waals surface area contributed by atoms with Crippen LogP contribution in [-0.4, -0.2) is 30.5 Å². The number of carbonyl (C=O) groups is 1. The van der Waals surface area contributed by atoms with E-state index in [0.717, 1.165) is 42.6 Å². The quantitative estimate of drug-likeness (QED) is 0.492. The van der Waals surface area contributed by atoms with Gasteiger partial charge in [-0.25, -0.2) is 0 Å². The van der Waals surface area contributed by atoms with Crippen molar-refractivity contribution in [2.24, 2.45) is 5.92 Å². The lowest BCUT2D eigenvalue weighted by Crippen LogP contribution is -2.66. The number of piperidine rings is 1. The lowest BCUT2D eigenvalue weighted by Gasteiger charge is -2.54. The smallest absolute Gasteiger partial charge is 0.254 e. The van der Waals surface area contributed by atoms with Crippen molar-refractivity contribution in [3.8, 4) is 17.2 Å². The number of fused-ring (bicyclic) bond motifs is 2. The fourth-order valence-electron chi connectivity index (χ4n) is 5.52. The van der Waals surface area contributed by atoms with E-state index in [0.29, 0.717) is 23.7 Å². The topological polar surface area (TPSA) is 77.0 Å². The van der Waals surface area contributed by atoms with Gasteiger partial charge in [-0.2, -0.15) is 0 Å². The summed E-state index contributed by atoms with van der Waals surface area (Å²) in [4.78, 5) is 13.3. The van der Waals surface area contributed by atoms with Crippen LogP contribution in [0.4, 0.5) is 0 Å². The highest BCUT2D eigenvalue weighted by Crippen LogP contribution is 2.55. The fourth-order valence-corrected chi connectivity index (χ4v) is 5.52. The minimum absolute atomic E-state index is 0.0266. The molecule has 2 bridgehead atoms. The molecule has 2 aromatic rings. The number of allylic oxidation sites excluding steroid dienone is 1. The van der Waals surface area contributed by atoms with Crippen molar-refractivity contribution in [2.45, 2.75) is 44.2 Å². The molecule has 33 heavy (non-hydrogen) atoms. The van der Waals surface area contributed by atoms with Crippen molar-refractivity contribution in [1.82, 2.24) is 5.32 Å². The van der Waals surface area contributed by atoms with Gasteiger partial charge in [-0.05, 0) is 49.6 Å². The predicted molar refractivity (Wildman–Crippen MR) is 125 cm³/mol. The molecule has 1 saturated carbocycles. The number of hydrogen-bond acceptors (Lipinski definition) is 5. The summed E-state index contributed by atoms with van der Waals surface area (Å²) in [5.41, 5.74) is 1.51. The van der Waals surface area contributed by atoms with Crippen molar-refractivity contribution in [3.63, 3.8) is 0 Å². The SMILES string of the molecule is CCOc1ccc(/C=C/C(O)=C2/C(=O)NC34CCCCC3C2c2ccccc2O4)cc1OC. The number of amides is 1. The molecule has 0 spiro atoms. The molecule has 0 radical (unpaired) electrons. The third-order valence-electron chi connectivity index (χ3n) is 6.94. The monoisotopic (exact) mass is 447 g/mol. The fraction of sp³-hybridized carbons (Fsp3) is 0.370. The highest BCUT2D eigenvalue weighted by atomic mass is 16.5. The molecule has 2 heterocycles. The summed E-state index contributed by atoms with van der Waals surface area (Å²) in [6, 6.07) is 13.4. The zero-order chi connectivity index (χ0) is 23.0. The van der Waals surface area contributed by atoms with Gasteiger partial charge < -0.3 is 24.6 Å². The third kappa shape index (κ3) is 3.63. The van der Waals surface area contributed by atoms with Gasteiger partial charge in [0.15, 0.2) is 17.2 Å². The normalized spacial score (nSPS) is 27.2. The Hall–Kier alpha value is -3.41. The second kappa shape index (κ2) is 8.50. The van der Waals surface area contributed by atoms with Crippen LogP contribution in [0, 0.1) is 5.92 Å². The zero-order valence-electron chi connectivity index (χ0n) is 19.0. The van der Waals surface area contributed by atoms with Gasteiger partial charge in [0.1, 0.15) is 11.5 Å². The number of nitrogens with one attached hydrogen (secondary N) is 1. The average molecular weight is 448 g/mol. The van der Waals surface area contributed by atoms with E-state index >= 15 is 0 Å². The summed E-state index contributed by atoms with van der Waals surface area (Å²) >= 11 is 0. The maximum Gasteiger partial charge on any atom is 0.254 e. The molecule has 1 aliphatic carbocycles. The summed E-state index contributed by atoms with van der Waals surface area (Å²) < 4.78 is 17.4. The van der Waals surface area contributed by atoms with Gasteiger partial charge in [-0.15, -0.1) is 0 Å². The Bertz CT molecular complexity index is 1140. The average Bonchev–Trinajstić information content (AvgIpc) is 2.82. The van der Waals surface area contributed by atoms with Crippen LogP contribution < -0.4 is 19.5 Å². The number of benzene rings is 2. The van der Waals surface area contributed by atoms with Crippen LogP contribution in [0.1, 0.15) is 49.7 Å². The summed E-state index contributed by atoms with van der Waals surface area (Å²) in [5, 5.41) is 14.3. The minimum Gasteiger partial charge on any atom is -0.507 e.